The average Bonchev–Trinajstić information content (AvgIpc) is 3.31. The van der Waals surface area contributed by atoms with Crippen LogP contribution in [0, 0.1) is 0 Å². The molecule has 4 rings (SSSR count). The van der Waals surface area contributed by atoms with Gasteiger partial charge in [0.25, 0.3) is 11.8 Å². The molecule has 0 spiro atoms. The minimum absolute atomic E-state index is 0.173. The number of nitrogens with zero attached hydrogens (tertiary/aromatic N) is 1. The van der Waals surface area contributed by atoms with Gasteiger partial charge in [-0.2, -0.15) is 0 Å². The molecule has 2 aromatic rings. The lowest BCUT2D eigenvalue weighted by Crippen LogP contribution is -2.57. The van der Waals surface area contributed by atoms with Crippen molar-refractivity contribution in [1.82, 2.24) is 10.2 Å². The first-order valence-corrected chi connectivity index (χ1v) is 11.3. The van der Waals surface area contributed by atoms with Crippen molar-refractivity contribution in [2.24, 2.45) is 0 Å². The van der Waals surface area contributed by atoms with Gasteiger partial charge in [0, 0.05) is 31.8 Å². The van der Waals surface area contributed by atoms with Gasteiger partial charge < -0.3 is 20.3 Å². The van der Waals surface area contributed by atoms with Gasteiger partial charge in [-0.25, -0.2) is 0 Å². The van der Waals surface area contributed by atoms with Crippen molar-refractivity contribution in [2.45, 2.75) is 24.8 Å². The maximum atomic E-state index is 13.2. The molecule has 2 amide bonds. The Morgan fingerprint density at radius 1 is 1.17 bits per heavy atom. The van der Waals surface area contributed by atoms with Crippen molar-refractivity contribution < 1.29 is 14.3 Å². The lowest BCUT2D eigenvalue weighted by molar-refractivity contribution is -0.122. The highest BCUT2D eigenvalue weighted by atomic mass is 79.9. The maximum Gasteiger partial charge on any atom is 0.262 e. The van der Waals surface area contributed by atoms with Gasteiger partial charge >= 0.3 is 0 Å². The number of hydrogen-bond donors (Lipinski definition) is 2. The van der Waals surface area contributed by atoms with E-state index < -0.39 is 5.54 Å². The van der Waals surface area contributed by atoms with E-state index in [-0.39, 0.29) is 18.4 Å². The number of benzene rings is 1. The van der Waals surface area contributed by atoms with Crippen LogP contribution >= 0.6 is 27.3 Å². The van der Waals surface area contributed by atoms with E-state index in [1.54, 1.807) is 6.07 Å². The number of carbonyl (C=O) groups excluding carboxylic acids is 2. The zero-order valence-corrected chi connectivity index (χ0v) is 18.7. The third kappa shape index (κ3) is 4.55. The van der Waals surface area contributed by atoms with Gasteiger partial charge in [-0.1, -0.05) is 6.07 Å². The summed E-state index contributed by atoms with van der Waals surface area (Å²) >= 11 is 4.71. The fraction of sp³-hybridized carbons (Fsp3) is 0.429. The number of rotatable bonds is 4. The van der Waals surface area contributed by atoms with E-state index in [0.29, 0.717) is 17.9 Å². The standard InChI is InChI=1S/C21H24BrN3O3S/c1-25-9-6-14-2-3-16(12-15(14)7-10-25)23-20(27)21(8-11-28-13-21)24-19(26)17-4-5-18(22)29-17/h2-5,12H,6-11,13H2,1H3,(H,23,27)(H,24,26). The van der Waals surface area contributed by atoms with E-state index in [1.807, 2.05) is 12.1 Å². The zero-order chi connectivity index (χ0) is 20.4. The van der Waals surface area contributed by atoms with Gasteiger partial charge in [-0.3, -0.25) is 9.59 Å². The predicted molar refractivity (Wildman–Crippen MR) is 118 cm³/mol. The Balaban J connectivity index is 1.50. The number of hydrogen-bond acceptors (Lipinski definition) is 5. The summed E-state index contributed by atoms with van der Waals surface area (Å²) in [6, 6.07) is 9.68. The number of thiophene rings is 1. The van der Waals surface area contributed by atoms with Gasteiger partial charge in [-0.05, 0) is 71.2 Å². The molecule has 6 nitrogen and oxygen atoms in total. The largest absolute Gasteiger partial charge is 0.378 e. The fourth-order valence-electron chi connectivity index (χ4n) is 3.78. The molecule has 0 radical (unpaired) electrons. The second-order valence-corrected chi connectivity index (χ2v) is 10.1. The highest BCUT2D eigenvalue weighted by molar-refractivity contribution is 9.11. The molecule has 1 aromatic heterocycles. The van der Waals surface area contributed by atoms with Crippen LogP contribution in [0.4, 0.5) is 5.69 Å². The number of carbonyl (C=O) groups is 2. The summed E-state index contributed by atoms with van der Waals surface area (Å²) in [5, 5.41) is 5.94. The third-order valence-corrected chi connectivity index (χ3v) is 7.22. The van der Waals surface area contributed by atoms with Crippen molar-refractivity contribution >= 4 is 44.8 Å². The van der Waals surface area contributed by atoms with Crippen molar-refractivity contribution in [1.29, 1.82) is 0 Å². The van der Waals surface area contributed by atoms with Gasteiger partial charge in [0.1, 0.15) is 5.54 Å². The van der Waals surface area contributed by atoms with Crippen LogP contribution in [0.5, 0.6) is 0 Å². The molecule has 2 N–H and O–H groups in total. The van der Waals surface area contributed by atoms with Crippen LogP contribution in [0.15, 0.2) is 34.1 Å². The lowest BCUT2D eigenvalue weighted by Gasteiger charge is -2.27. The first kappa shape index (κ1) is 20.5. The molecular weight excluding hydrogens is 454 g/mol. The molecule has 1 fully saturated rings. The second kappa shape index (κ2) is 8.55. The number of nitrogens with one attached hydrogen (secondary N) is 2. The third-order valence-electron chi connectivity index (χ3n) is 5.60. The second-order valence-electron chi connectivity index (χ2n) is 7.68. The molecule has 2 aliphatic rings. The smallest absolute Gasteiger partial charge is 0.262 e. The van der Waals surface area contributed by atoms with E-state index in [4.69, 9.17) is 4.74 Å². The van der Waals surface area contributed by atoms with E-state index >= 15 is 0 Å². The number of amides is 2. The van der Waals surface area contributed by atoms with Crippen molar-refractivity contribution in [3.63, 3.8) is 0 Å². The number of likely N-dealkylation sites (N-methyl/N-ethyl adjacent to an activating group) is 1. The van der Waals surface area contributed by atoms with Crippen LogP contribution in [-0.2, 0) is 22.4 Å². The Bertz CT molecular complexity index is 924. The Morgan fingerprint density at radius 3 is 2.66 bits per heavy atom. The van der Waals surface area contributed by atoms with Crippen molar-refractivity contribution in [2.75, 3.05) is 38.7 Å². The summed E-state index contributed by atoms with van der Waals surface area (Å²) in [7, 11) is 2.13. The van der Waals surface area contributed by atoms with Crippen molar-refractivity contribution in [3.05, 3.63) is 50.1 Å². The van der Waals surface area contributed by atoms with Crippen LogP contribution in [0.1, 0.15) is 27.2 Å². The van der Waals surface area contributed by atoms with Crippen LogP contribution in [0.25, 0.3) is 0 Å². The summed E-state index contributed by atoms with van der Waals surface area (Å²) in [5.41, 5.74) is 2.32. The van der Waals surface area contributed by atoms with Crippen LogP contribution in [-0.4, -0.2) is 55.6 Å². The molecule has 8 heteroatoms. The van der Waals surface area contributed by atoms with Crippen LogP contribution in [0.2, 0.25) is 0 Å². The number of ether oxygens (including phenoxy) is 1. The molecule has 1 saturated heterocycles. The lowest BCUT2D eigenvalue weighted by atomic mass is 9.96. The molecule has 1 aromatic carbocycles. The molecule has 1 unspecified atom stereocenters. The predicted octanol–water partition coefficient (Wildman–Crippen LogP) is 3.07. The highest BCUT2D eigenvalue weighted by Crippen LogP contribution is 2.26. The fourth-order valence-corrected chi connectivity index (χ4v) is 5.06. The Labute approximate surface area is 182 Å². The summed E-state index contributed by atoms with van der Waals surface area (Å²) in [6.07, 6.45) is 2.44. The van der Waals surface area contributed by atoms with Gasteiger partial charge in [-0.15, -0.1) is 11.3 Å². The van der Waals surface area contributed by atoms with Gasteiger partial charge in [0.15, 0.2) is 0 Å². The van der Waals surface area contributed by atoms with Gasteiger partial charge in [0.2, 0.25) is 0 Å². The minimum atomic E-state index is -1.06. The quantitative estimate of drug-likeness (QED) is 0.709. The molecule has 2 aliphatic heterocycles. The van der Waals surface area contributed by atoms with Crippen molar-refractivity contribution in [3.8, 4) is 0 Å². The Kier molecular flexibility index (Phi) is 6.06. The summed E-state index contributed by atoms with van der Waals surface area (Å²) in [6.45, 7) is 2.67. The summed E-state index contributed by atoms with van der Waals surface area (Å²) in [4.78, 5) is 28.7. The molecule has 0 bridgehead atoms. The molecular formula is C21H24BrN3O3S. The zero-order valence-electron chi connectivity index (χ0n) is 16.3. The molecule has 154 valence electrons. The number of fused-ring (bicyclic) bond motifs is 1. The monoisotopic (exact) mass is 477 g/mol. The van der Waals surface area contributed by atoms with Gasteiger partial charge in [0.05, 0.1) is 15.3 Å². The van der Waals surface area contributed by atoms with Crippen LogP contribution < -0.4 is 10.6 Å². The number of anilines is 1. The van der Waals surface area contributed by atoms with E-state index in [1.165, 1.54) is 22.5 Å². The SMILES string of the molecule is CN1CCc2ccc(NC(=O)C3(NC(=O)c4ccc(Br)s4)CCOC3)cc2CC1. The maximum absolute atomic E-state index is 13.2. The minimum Gasteiger partial charge on any atom is -0.378 e. The summed E-state index contributed by atoms with van der Waals surface area (Å²) in [5.74, 6) is -0.490. The molecule has 0 aliphatic carbocycles. The summed E-state index contributed by atoms with van der Waals surface area (Å²) < 4.78 is 6.37. The molecule has 1 atom stereocenters. The van der Waals surface area contributed by atoms with E-state index in [9.17, 15) is 9.59 Å². The topological polar surface area (TPSA) is 70.7 Å². The Morgan fingerprint density at radius 2 is 1.97 bits per heavy atom. The average molecular weight is 478 g/mol. The van der Waals surface area contributed by atoms with E-state index in [2.05, 4.69) is 50.6 Å². The molecule has 0 saturated carbocycles. The normalized spacial score (nSPS) is 22.0. The Hall–Kier alpha value is -1.74. The highest BCUT2D eigenvalue weighted by Gasteiger charge is 2.44. The van der Waals surface area contributed by atoms with E-state index in [0.717, 1.165) is 35.4 Å². The first-order valence-electron chi connectivity index (χ1n) is 9.73. The first-order chi connectivity index (χ1) is 13.9. The van der Waals surface area contributed by atoms with Crippen LogP contribution in [0.3, 0.4) is 0 Å². The number of halogens is 1. The molecule has 3 heterocycles. The molecule has 29 heavy (non-hydrogen) atoms.